The van der Waals surface area contributed by atoms with Gasteiger partial charge in [-0.25, -0.2) is 13.0 Å². The Labute approximate surface area is 206 Å². The Balaban J connectivity index is 1.51. The maximum atomic E-state index is 13.0. The van der Waals surface area contributed by atoms with Crippen LogP contribution in [0.15, 0.2) is 64.6 Å². The van der Waals surface area contributed by atoms with Gasteiger partial charge in [0, 0.05) is 18.6 Å². The van der Waals surface area contributed by atoms with Gasteiger partial charge in [0.05, 0.1) is 17.2 Å². The zero-order chi connectivity index (χ0) is 25.5. The molecule has 0 aromatic heterocycles. The molecule has 0 aliphatic carbocycles. The van der Waals surface area contributed by atoms with Crippen molar-refractivity contribution in [1.29, 1.82) is 0 Å². The summed E-state index contributed by atoms with van der Waals surface area (Å²) < 4.78 is 42.8. The second-order valence-corrected chi connectivity index (χ2v) is 11.8. The van der Waals surface area contributed by atoms with Crippen molar-refractivity contribution in [1.82, 2.24) is 4.31 Å². The van der Waals surface area contributed by atoms with E-state index < -0.39 is 23.4 Å². The molecule has 1 aliphatic rings. The largest absolute Gasteiger partial charge is 0.469 e. The Hall–Kier alpha value is -2.11. The van der Waals surface area contributed by atoms with Gasteiger partial charge < -0.3 is 20.4 Å². The molecular formula is C23H32N3O7PS. The van der Waals surface area contributed by atoms with Crippen LogP contribution in [0.1, 0.15) is 37.3 Å². The van der Waals surface area contributed by atoms with Crippen molar-refractivity contribution in [3.8, 4) is 0 Å². The predicted octanol–water partition coefficient (Wildman–Crippen LogP) is 2.65. The highest BCUT2D eigenvalue weighted by atomic mass is 32.2. The van der Waals surface area contributed by atoms with E-state index in [9.17, 15) is 13.0 Å². The number of nitrogens with zero attached hydrogens (tertiary/aromatic N) is 2. The fourth-order valence-corrected chi connectivity index (χ4v) is 5.59. The molecule has 2 aromatic rings. The van der Waals surface area contributed by atoms with Gasteiger partial charge in [-0.1, -0.05) is 47.6 Å². The molecule has 192 valence electrons. The fraction of sp³-hybridized carbons (Fsp3) is 0.435. The van der Waals surface area contributed by atoms with Crippen LogP contribution in [0, 0.1) is 0 Å². The monoisotopic (exact) mass is 525 g/mol. The number of aryl methyl sites for hydroxylation is 1. The molecule has 1 heterocycles. The number of oxime groups is 1. The highest BCUT2D eigenvalue weighted by Crippen LogP contribution is 2.38. The molecule has 12 heteroatoms. The Kier molecular flexibility index (Phi) is 9.22. The number of benzene rings is 2. The Morgan fingerprint density at radius 2 is 1.74 bits per heavy atom. The van der Waals surface area contributed by atoms with E-state index in [0.717, 1.165) is 18.4 Å². The summed E-state index contributed by atoms with van der Waals surface area (Å²) in [6.07, 6.45) is 2.18. The van der Waals surface area contributed by atoms with Gasteiger partial charge in [0.25, 0.3) is 0 Å². The summed E-state index contributed by atoms with van der Waals surface area (Å²) in [5, 5.41) is 4.13. The van der Waals surface area contributed by atoms with Crippen LogP contribution in [0.4, 0.5) is 0 Å². The standard InChI is InChI=1S/C23H32N3O7PS/c1-19(25-32-17-5-8-20-6-3-2-4-7-20)21-9-11-22(12-10-21)35(30,31)26-15-13-23(24,14-16-26)18-33-34(27,28)29/h2-4,6-7,9-12H,5,8,13-18,24H2,1H3,(H2,27,28,29)/b25-19+. The zero-order valence-corrected chi connectivity index (χ0v) is 21.3. The molecule has 0 unspecified atom stereocenters. The predicted molar refractivity (Wildman–Crippen MR) is 132 cm³/mol. The maximum Gasteiger partial charge on any atom is 0.469 e. The van der Waals surface area contributed by atoms with Gasteiger partial charge in [-0.3, -0.25) is 4.52 Å². The number of sulfonamides is 1. The highest BCUT2D eigenvalue weighted by molar-refractivity contribution is 7.89. The van der Waals surface area contributed by atoms with Crippen LogP contribution < -0.4 is 5.73 Å². The van der Waals surface area contributed by atoms with Crippen LogP contribution in [0.3, 0.4) is 0 Å². The lowest BCUT2D eigenvalue weighted by Crippen LogP contribution is -2.54. The molecule has 1 aliphatic heterocycles. The summed E-state index contributed by atoms with van der Waals surface area (Å²) in [7, 11) is -8.37. The third-order valence-electron chi connectivity index (χ3n) is 5.89. The summed E-state index contributed by atoms with van der Waals surface area (Å²) in [6, 6.07) is 16.6. The number of hydrogen-bond donors (Lipinski definition) is 3. The number of nitrogens with two attached hydrogens (primary N) is 1. The lowest BCUT2D eigenvalue weighted by molar-refractivity contribution is 0.119. The van der Waals surface area contributed by atoms with E-state index >= 15 is 0 Å². The number of phosphoric ester groups is 1. The lowest BCUT2D eigenvalue weighted by atomic mass is 9.91. The molecular weight excluding hydrogens is 493 g/mol. The van der Waals surface area contributed by atoms with Crippen molar-refractivity contribution in [3.63, 3.8) is 0 Å². The third-order valence-corrected chi connectivity index (χ3v) is 8.27. The molecule has 10 nitrogen and oxygen atoms in total. The van der Waals surface area contributed by atoms with Crippen LogP contribution in [0.2, 0.25) is 0 Å². The van der Waals surface area contributed by atoms with Crippen molar-refractivity contribution < 1.29 is 32.1 Å². The summed E-state index contributed by atoms with van der Waals surface area (Å²) in [6.45, 7) is 2.19. The van der Waals surface area contributed by atoms with Crippen LogP contribution in [0.5, 0.6) is 0 Å². The third kappa shape index (κ3) is 8.22. The molecule has 0 amide bonds. The van der Waals surface area contributed by atoms with Gasteiger partial charge >= 0.3 is 7.82 Å². The SMILES string of the molecule is C/C(=N\OCCCc1ccccc1)c1ccc(S(=O)(=O)N2CCC(N)(COP(=O)(O)O)CC2)cc1. The average molecular weight is 526 g/mol. The Morgan fingerprint density at radius 1 is 1.11 bits per heavy atom. The number of rotatable bonds is 11. The van der Waals surface area contributed by atoms with E-state index in [1.54, 1.807) is 19.1 Å². The summed E-state index contributed by atoms with van der Waals surface area (Å²) in [5.41, 5.74) is 7.78. The maximum absolute atomic E-state index is 13.0. The molecule has 0 spiro atoms. The minimum atomic E-state index is -4.64. The second kappa shape index (κ2) is 11.7. The molecule has 3 rings (SSSR count). The van der Waals surface area contributed by atoms with Crippen molar-refractivity contribution in [2.75, 3.05) is 26.3 Å². The van der Waals surface area contributed by atoms with E-state index in [1.807, 2.05) is 18.2 Å². The quantitative estimate of drug-likeness (QED) is 0.175. The van der Waals surface area contributed by atoms with Gasteiger partial charge in [-0.05, 0) is 55.9 Å². The number of phosphoric acid groups is 1. The minimum absolute atomic E-state index is 0.127. The molecule has 35 heavy (non-hydrogen) atoms. The van der Waals surface area contributed by atoms with Crippen molar-refractivity contribution in [2.45, 2.75) is 43.0 Å². The summed E-state index contributed by atoms with van der Waals surface area (Å²) in [4.78, 5) is 23.3. The highest BCUT2D eigenvalue weighted by Gasteiger charge is 2.37. The smallest absolute Gasteiger partial charge is 0.396 e. The van der Waals surface area contributed by atoms with Gasteiger partial charge in [0.1, 0.15) is 6.61 Å². The molecule has 2 aromatic carbocycles. The summed E-state index contributed by atoms with van der Waals surface area (Å²) >= 11 is 0. The van der Waals surface area contributed by atoms with E-state index in [1.165, 1.54) is 22.0 Å². The minimum Gasteiger partial charge on any atom is -0.396 e. The second-order valence-electron chi connectivity index (χ2n) is 8.65. The van der Waals surface area contributed by atoms with Crippen molar-refractivity contribution in [3.05, 3.63) is 65.7 Å². The van der Waals surface area contributed by atoms with E-state index in [2.05, 4.69) is 21.8 Å². The fourth-order valence-electron chi connectivity index (χ4n) is 3.73. The number of hydrogen-bond acceptors (Lipinski definition) is 7. The first-order valence-electron chi connectivity index (χ1n) is 11.3. The van der Waals surface area contributed by atoms with Gasteiger partial charge in [0.2, 0.25) is 10.0 Å². The van der Waals surface area contributed by atoms with Crippen LogP contribution in [0.25, 0.3) is 0 Å². The number of piperidine rings is 1. The topological polar surface area (TPSA) is 152 Å². The van der Waals surface area contributed by atoms with Crippen molar-refractivity contribution in [2.24, 2.45) is 10.9 Å². The first-order chi connectivity index (χ1) is 16.5. The van der Waals surface area contributed by atoms with Crippen LogP contribution >= 0.6 is 7.82 Å². The average Bonchev–Trinajstić information content (AvgIpc) is 2.83. The molecule has 0 atom stereocenters. The molecule has 0 radical (unpaired) electrons. The van der Waals surface area contributed by atoms with Crippen LogP contribution in [-0.2, 0) is 30.4 Å². The van der Waals surface area contributed by atoms with E-state index in [4.69, 9.17) is 20.4 Å². The Morgan fingerprint density at radius 3 is 2.34 bits per heavy atom. The van der Waals surface area contributed by atoms with Crippen LogP contribution in [-0.4, -0.2) is 60.1 Å². The first-order valence-corrected chi connectivity index (χ1v) is 14.3. The zero-order valence-electron chi connectivity index (χ0n) is 19.6. The van der Waals surface area contributed by atoms with Gasteiger partial charge in [-0.15, -0.1) is 0 Å². The molecule has 1 fully saturated rings. The van der Waals surface area contributed by atoms with E-state index in [0.29, 0.717) is 12.3 Å². The van der Waals surface area contributed by atoms with E-state index in [-0.39, 0.29) is 37.4 Å². The molecule has 0 bridgehead atoms. The Bertz CT molecular complexity index is 1140. The molecule has 0 saturated carbocycles. The van der Waals surface area contributed by atoms with Gasteiger partial charge in [-0.2, -0.15) is 4.31 Å². The lowest BCUT2D eigenvalue weighted by Gasteiger charge is -2.38. The first kappa shape index (κ1) is 27.5. The molecule has 1 saturated heterocycles. The summed E-state index contributed by atoms with van der Waals surface area (Å²) in [5.74, 6) is 0. The van der Waals surface area contributed by atoms with Gasteiger partial charge in [0.15, 0.2) is 0 Å². The van der Waals surface area contributed by atoms with Crippen molar-refractivity contribution >= 4 is 23.6 Å². The molecule has 4 N–H and O–H groups in total. The normalized spacial score (nSPS) is 17.3.